The van der Waals surface area contributed by atoms with Crippen molar-refractivity contribution in [2.45, 2.75) is 50.0 Å². The van der Waals surface area contributed by atoms with Gasteiger partial charge in [-0.3, -0.25) is 14.4 Å². The maximum Gasteiger partial charge on any atom is 0.251 e. The summed E-state index contributed by atoms with van der Waals surface area (Å²) in [5.41, 5.74) is 1.46. The summed E-state index contributed by atoms with van der Waals surface area (Å²) in [6.45, 7) is 0.578. The minimum absolute atomic E-state index is 0.0323. The molecule has 1 atom stereocenters. The first-order valence-electron chi connectivity index (χ1n) is 11.1. The smallest absolute Gasteiger partial charge is 0.251 e. The summed E-state index contributed by atoms with van der Waals surface area (Å²) in [7, 11) is 1.57. The van der Waals surface area contributed by atoms with E-state index in [2.05, 4.69) is 10.6 Å². The first-order valence-corrected chi connectivity index (χ1v) is 11.5. The van der Waals surface area contributed by atoms with Gasteiger partial charge in [0.15, 0.2) is 0 Å². The molecule has 0 unspecified atom stereocenters. The molecule has 2 fully saturated rings. The summed E-state index contributed by atoms with van der Waals surface area (Å²) in [5.74, 6) is -0.342. The largest absolute Gasteiger partial charge is 0.355 e. The quantitative estimate of drug-likeness (QED) is 0.714. The molecule has 1 heterocycles. The Balaban J connectivity index is 1.52. The number of hydrogen-bond donors (Lipinski definition) is 2. The van der Waals surface area contributed by atoms with E-state index in [0.29, 0.717) is 29.2 Å². The summed E-state index contributed by atoms with van der Waals surface area (Å²) in [5, 5.41) is 6.11. The number of hydrogen-bond acceptors (Lipinski definition) is 3. The fraction of sp³-hybridized carbons (Fsp3) is 0.400. The second-order valence-electron chi connectivity index (χ2n) is 8.60. The van der Waals surface area contributed by atoms with Crippen LogP contribution in [0.2, 0.25) is 5.02 Å². The maximum absolute atomic E-state index is 13.9. The summed E-state index contributed by atoms with van der Waals surface area (Å²) in [4.78, 5) is 40.5. The van der Waals surface area contributed by atoms with Crippen LogP contribution in [0, 0.1) is 0 Å². The second kappa shape index (κ2) is 9.33. The van der Waals surface area contributed by atoms with Gasteiger partial charge in [-0.1, -0.05) is 36.6 Å². The molecule has 7 heteroatoms. The number of carbonyl (C=O) groups excluding carboxylic acids is 3. The van der Waals surface area contributed by atoms with Gasteiger partial charge in [0.25, 0.3) is 5.91 Å². The van der Waals surface area contributed by atoms with Gasteiger partial charge < -0.3 is 15.5 Å². The Kier molecular flexibility index (Phi) is 6.51. The maximum atomic E-state index is 13.9. The van der Waals surface area contributed by atoms with Crippen LogP contribution in [0.1, 0.15) is 54.4 Å². The molecule has 0 radical (unpaired) electrons. The van der Waals surface area contributed by atoms with Crippen LogP contribution in [0.25, 0.3) is 0 Å². The van der Waals surface area contributed by atoms with E-state index in [1.165, 1.54) is 0 Å². The molecular weight excluding hydrogens is 426 g/mol. The van der Waals surface area contributed by atoms with Gasteiger partial charge in [0, 0.05) is 29.9 Å². The Bertz CT molecular complexity index is 1020. The van der Waals surface area contributed by atoms with Crippen LogP contribution in [-0.4, -0.2) is 42.3 Å². The summed E-state index contributed by atoms with van der Waals surface area (Å²) in [6, 6.07) is 13.8. The van der Waals surface area contributed by atoms with E-state index in [1.54, 1.807) is 36.2 Å². The van der Waals surface area contributed by atoms with Crippen LogP contribution in [0.3, 0.4) is 0 Å². The number of rotatable bonds is 5. The molecule has 2 aliphatic rings. The fourth-order valence-corrected chi connectivity index (χ4v) is 5.21. The molecule has 32 heavy (non-hydrogen) atoms. The predicted octanol–water partition coefficient (Wildman–Crippen LogP) is 4.14. The van der Waals surface area contributed by atoms with Crippen LogP contribution in [-0.2, 0) is 15.0 Å². The van der Waals surface area contributed by atoms with Gasteiger partial charge in [0.1, 0.15) is 6.04 Å². The lowest BCUT2D eigenvalue weighted by molar-refractivity contribution is -0.141. The van der Waals surface area contributed by atoms with Crippen LogP contribution in [0.4, 0.5) is 5.69 Å². The van der Waals surface area contributed by atoms with Gasteiger partial charge in [-0.05, 0) is 67.6 Å². The molecule has 0 spiro atoms. The summed E-state index contributed by atoms with van der Waals surface area (Å²) >= 11 is 6.24. The molecular formula is C25H28ClN3O3. The molecule has 2 N–H and O–H groups in total. The van der Waals surface area contributed by atoms with Gasteiger partial charge in [-0.15, -0.1) is 0 Å². The normalized spacial score (nSPS) is 19.6. The molecule has 1 saturated heterocycles. The Morgan fingerprint density at radius 1 is 1.03 bits per heavy atom. The number of nitrogens with zero attached hydrogens (tertiary/aromatic N) is 1. The molecule has 168 valence electrons. The van der Waals surface area contributed by atoms with Crippen molar-refractivity contribution in [2.24, 2.45) is 0 Å². The minimum Gasteiger partial charge on any atom is -0.355 e. The molecule has 1 saturated carbocycles. The van der Waals surface area contributed by atoms with Crippen molar-refractivity contribution >= 4 is 35.0 Å². The number of halogens is 1. The van der Waals surface area contributed by atoms with Crippen LogP contribution >= 0.6 is 11.6 Å². The van der Waals surface area contributed by atoms with E-state index in [9.17, 15) is 14.4 Å². The van der Waals surface area contributed by atoms with Crippen molar-refractivity contribution in [3.63, 3.8) is 0 Å². The van der Waals surface area contributed by atoms with Crippen LogP contribution in [0.15, 0.2) is 48.5 Å². The zero-order valence-electron chi connectivity index (χ0n) is 18.2. The number of nitrogens with one attached hydrogen (secondary N) is 2. The number of likely N-dealkylation sites (tertiary alicyclic amines) is 1. The lowest BCUT2D eigenvalue weighted by Crippen LogP contribution is -2.51. The zero-order chi connectivity index (χ0) is 22.7. The lowest BCUT2D eigenvalue weighted by Gasteiger charge is -2.35. The van der Waals surface area contributed by atoms with E-state index in [4.69, 9.17) is 11.6 Å². The van der Waals surface area contributed by atoms with Crippen molar-refractivity contribution in [3.05, 3.63) is 64.7 Å². The Morgan fingerprint density at radius 2 is 1.75 bits per heavy atom. The summed E-state index contributed by atoms with van der Waals surface area (Å²) < 4.78 is 0. The van der Waals surface area contributed by atoms with E-state index >= 15 is 0 Å². The molecule has 4 rings (SSSR count). The third-order valence-electron chi connectivity index (χ3n) is 6.70. The SMILES string of the molecule is CNC(=O)c1ccc(NC(=O)[C@H]2CCCN2C(=O)C2(c3cccc(Cl)c3)CCCC2)cc1. The summed E-state index contributed by atoms with van der Waals surface area (Å²) in [6.07, 6.45) is 4.96. The van der Waals surface area contributed by atoms with E-state index in [0.717, 1.165) is 37.7 Å². The predicted molar refractivity (Wildman–Crippen MR) is 125 cm³/mol. The van der Waals surface area contributed by atoms with Gasteiger partial charge >= 0.3 is 0 Å². The van der Waals surface area contributed by atoms with Crippen LogP contribution < -0.4 is 10.6 Å². The highest BCUT2D eigenvalue weighted by molar-refractivity contribution is 6.30. The van der Waals surface area contributed by atoms with Crippen LogP contribution in [0.5, 0.6) is 0 Å². The second-order valence-corrected chi connectivity index (χ2v) is 9.04. The highest BCUT2D eigenvalue weighted by atomic mass is 35.5. The Morgan fingerprint density at radius 3 is 2.41 bits per heavy atom. The average molecular weight is 454 g/mol. The number of anilines is 1. The van der Waals surface area contributed by atoms with Gasteiger partial charge in [0.05, 0.1) is 5.41 Å². The molecule has 0 aromatic heterocycles. The minimum atomic E-state index is -0.608. The Labute approximate surface area is 193 Å². The van der Waals surface area contributed by atoms with E-state index in [-0.39, 0.29) is 17.7 Å². The van der Waals surface area contributed by atoms with Crippen molar-refractivity contribution in [1.29, 1.82) is 0 Å². The van der Waals surface area contributed by atoms with E-state index in [1.807, 2.05) is 24.3 Å². The number of carbonyl (C=O) groups is 3. The molecule has 2 aromatic rings. The molecule has 3 amide bonds. The van der Waals surface area contributed by atoms with Crippen molar-refractivity contribution in [3.8, 4) is 0 Å². The topological polar surface area (TPSA) is 78.5 Å². The van der Waals surface area contributed by atoms with Gasteiger partial charge in [-0.2, -0.15) is 0 Å². The third kappa shape index (κ3) is 4.24. The fourth-order valence-electron chi connectivity index (χ4n) is 5.02. The van der Waals surface area contributed by atoms with Gasteiger partial charge in [-0.25, -0.2) is 0 Å². The number of amides is 3. The van der Waals surface area contributed by atoms with Crippen molar-refractivity contribution < 1.29 is 14.4 Å². The third-order valence-corrected chi connectivity index (χ3v) is 6.94. The first-order chi connectivity index (χ1) is 15.4. The first kappa shape index (κ1) is 22.3. The number of benzene rings is 2. The molecule has 1 aliphatic carbocycles. The standard InChI is InChI=1S/C25H28ClN3O3/c1-27-22(30)17-9-11-20(12-10-17)28-23(31)21-8-5-15-29(21)24(32)25(13-2-3-14-25)18-6-4-7-19(26)16-18/h4,6-7,9-12,16,21H,2-3,5,8,13-15H2,1H3,(H,27,30)(H,28,31)/t21-/m1/s1. The molecule has 0 bridgehead atoms. The molecule has 6 nitrogen and oxygen atoms in total. The Hall–Kier alpha value is -2.86. The van der Waals surface area contributed by atoms with Crippen molar-refractivity contribution in [1.82, 2.24) is 10.2 Å². The van der Waals surface area contributed by atoms with E-state index < -0.39 is 11.5 Å². The highest BCUT2D eigenvalue weighted by Crippen LogP contribution is 2.44. The average Bonchev–Trinajstić information content (AvgIpc) is 3.49. The van der Waals surface area contributed by atoms with Crippen molar-refractivity contribution in [2.75, 3.05) is 18.9 Å². The lowest BCUT2D eigenvalue weighted by atomic mass is 9.77. The molecule has 1 aliphatic heterocycles. The monoisotopic (exact) mass is 453 g/mol. The molecule has 2 aromatic carbocycles. The highest BCUT2D eigenvalue weighted by Gasteiger charge is 2.48. The zero-order valence-corrected chi connectivity index (χ0v) is 19.0. The van der Waals surface area contributed by atoms with Gasteiger partial charge in [0.2, 0.25) is 11.8 Å².